The van der Waals surface area contributed by atoms with Crippen molar-refractivity contribution in [2.75, 3.05) is 25.5 Å². The van der Waals surface area contributed by atoms with Gasteiger partial charge in [0, 0.05) is 24.3 Å². The van der Waals surface area contributed by atoms with E-state index in [1.54, 1.807) is 24.3 Å². The van der Waals surface area contributed by atoms with E-state index in [0.29, 0.717) is 18.8 Å². The number of rotatable bonds is 7. The first-order chi connectivity index (χ1) is 13.4. The second kappa shape index (κ2) is 8.86. The number of sulfonamides is 1. The van der Waals surface area contributed by atoms with E-state index in [4.69, 9.17) is 0 Å². The Balaban J connectivity index is 1.60. The minimum absolute atomic E-state index is 0.0939. The highest BCUT2D eigenvalue weighted by molar-refractivity contribution is 7.89. The van der Waals surface area contributed by atoms with Gasteiger partial charge < -0.3 is 10.2 Å². The van der Waals surface area contributed by atoms with Gasteiger partial charge in [0.1, 0.15) is 6.54 Å². The molecule has 1 heterocycles. The lowest BCUT2D eigenvalue weighted by Crippen LogP contribution is -3.12. The van der Waals surface area contributed by atoms with Gasteiger partial charge in [0.05, 0.1) is 11.9 Å². The quantitative estimate of drug-likeness (QED) is 0.738. The Bertz CT molecular complexity index is 892. The highest BCUT2D eigenvalue weighted by atomic mass is 32.2. The minimum atomic E-state index is -3.43. The number of anilines is 1. The summed E-state index contributed by atoms with van der Waals surface area (Å²) in [6, 6.07) is 16.2. The molecule has 2 N–H and O–H groups in total. The molecular weight excluding hydrogens is 374 g/mol. The van der Waals surface area contributed by atoms with Gasteiger partial charge in [-0.2, -0.15) is 4.31 Å². The van der Waals surface area contributed by atoms with E-state index in [1.165, 1.54) is 9.87 Å². The normalized spacial score (nSPS) is 17.2. The van der Waals surface area contributed by atoms with Crippen LogP contribution in [-0.2, 0) is 21.4 Å². The monoisotopic (exact) mass is 402 g/mol. The molecule has 1 amide bonds. The molecule has 0 saturated carbocycles. The number of nitrogens with zero attached hydrogens (tertiary/aromatic N) is 1. The van der Waals surface area contributed by atoms with Crippen LogP contribution in [-0.4, -0.2) is 44.8 Å². The lowest BCUT2D eigenvalue weighted by Gasteiger charge is -2.21. The van der Waals surface area contributed by atoms with E-state index < -0.39 is 10.0 Å². The molecule has 0 spiro atoms. The van der Waals surface area contributed by atoms with Crippen molar-refractivity contribution in [2.45, 2.75) is 37.2 Å². The molecule has 0 aromatic heterocycles. The van der Waals surface area contributed by atoms with Crippen molar-refractivity contribution in [3.05, 3.63) is 60.2 Å². The zero-order valence-corrected chi connectivity index (χ0v) is 17.2. The molecule has 2 atom stereocenters. The summed E-state index contributed by atoms with van der Waals surface area (Å²) in [5, 5.41) is 2.89. The molecule has 1 aliphatic heterocycles. The Morgan fingerprint density at radius 2 is 1.68 bits per heavy atom. The van der Waals surface area contributed by atoms with Gasteiger partial charge in [0.2, 0.25) is 10.0 Å². The Labute approximate surface area is 167 Å². The smallest absolute Gasteiger partial charge is 0.282 e. The molecule has 1 aliphatic rings. The van der Waals surface area contributed by atoms with Gasteiger partial charge in [-0.05, 0) is 44.0 Å². The third kappa shape index (κ3) is 4.79. The third-order valence-electron chi connectivity index (χ3n) is 5.28. The Morgan fingerprint density at radius 1 is 1.07 bits per heavy atom. The average Bonchev–Trinajstić information content (AvgIpc) is 3.24. The number of hydrogen-bond donors (Lipinski definition) is 2. The van der Waals surface area contributed by atoms with Gasteiger partial charge in [0.15, 0.2) is 6.04 Å². The molecule has 0 aliphatic carbocycles. The summed E-state index contributed by atoms with van der Waals surface area (Å²) in [7, 11) is -1.44. The van der Waals surface area contributed by atoms with Crippen molar-refractivity contribution < 1.29 is 18.1 Å². The number of hydrogen-bond acceptors (Lipinski definition) is 3. The predicted octanol–water partition coefficient (Wildman–Crippen LogP) is 1.51. The van der Waals surface area contributed by atoms with E-state index in [0.717, 1.165) is 24.3 Å². The number of benzene rings is 2. The number of carbonyl (C=O) groups excluding carboxylic acids is 1. The van der Waals surface area contributed by atoms with Gasteiger partial charge in [0.25, 0.3) is 5.91 Å². The molecule has 7 heteroatoms. The number of nitrogens with one attached hydrogen (secondary N) is 2. The summed E-state index contributed by atoms with van der Waals surface area (Å²) in [5.74, 6) is -0.0939. The second-order valence-electron chi connectivity index (χ2n) is 7.36. The maximum Gasteiger partial charge on any atom is 0.282 e. The van der Waals surface area contributed by atoms with E-state index in [9.17, 15) is 13.2 Å². The van der Waals surface area contributed by atoms with Gasteiger partial charge in [-0.3, -0.25) is 4.79 Å². The van der Waals surface area contributed by atoms with Gasteiger partial charge in [-0.25, -0.2) is 8.42 Å². The van der Waals surface area contributed by atoms with Crippen molar-refractivity contribution in [2.24, 2.45) is 0 Å². The van der Waals surface area contributed by atoms with E-state index in [-0.39, 0.29) is 16.8 Å². The minimum Gasteiger partial charge on any atom is -0.324 e. The van der Waals surface area contributed by atoms with Crippen LogP contribution in [0.5, 0.6) is 0 Å². The summed E-state index contributed by atoms with van der Waals surface area (Å²) in [5.41, 5.74) is 1.78. The molecule has 1 saturated heterocycles. The summed E-state index contributed by atoms with van der Waals surface area (Å²) < 4.78 is 26.7. The van der Waals surface area contributed by atoms with Crippen LogP contribution in [0.3, 0.4) is 0 Å². The first-order valence-corrected chi connectivity index (χ1v) is 11.1. The van der Waals surface area contributed by atoms with Gasteiger partial charge in [-0.1, -0.05) is 30.3 Å². The zero-order valence-electron chi connectivity index (χ0n) is 16.4. The average molecular weight is 403 g/mol. The van der Waals surface area contributed by atoms with Gasteiger partial charge >= 0.3 is 0 Å². The largest absolute Gasteiger partial charge is 0.324 e. The number of amides is 1. The highest BCUT2D eigenvalue weighted by Crippen LogP contribution is 2.22. The Kier molecular flexibility index (Phi) is 6.49. The lowest BCUT2D eigenvalue weighted by molar-refractivity contribution is -0.907. The molecule has 6 nitrogen and oxygen atoms in total. The number of likely N-dealkylation sites (N-methyl/N-ethyl adjacent to an activating group) is 1. The van der Waals surface area contributed by atoms with Crippen LogP contribution >= 0.6 is 0 Å². The first-order valence-electron chi connectivity index (χ1n) is 9.65. The van der Waals surface area contributed by atoms with Crippen LogP contribution in [0, 0.1) is 0 Å². The van der Waals surface area contributed by atoms with E-state index >= 15 is 0 Å². The third-order valence-corrected chi connectivity index (χ3v) is 7.20. The molecule has 2 aromatic rings. The molecule has 28 heavy (non-hydrogen) atoms. The molecule has 1 fully saturated rings. The predicted molar refractivity (Wildman–Crippen MR) is 110 cm³/mol. The first kappa shape index (κ1) is 20.5. The highest BCUT2D eigenvalue weighted by Gasteiger charge is 2.27. The van der Waals surface area contributed by atoms with Gasteiger partial charge in [-0.15, -0.1) is 0 Å². The zero-order chi connectivity index (χ0) is 20.1. The van der Waals surface area contributed by atoms with Crippen LogP contribution < -0.4 is 10.2 Å². The number of carbonyl (C=O) groups is 1. The van der Waals surface area contributed by atoms with Crippen LogP contribution in [0.15, 0.2) is 59.5 Å². The van der Waals surface area contributed by atoms with Crippen LogP contribution in [0.4, 0.5) is 5.69 Å². The lowest BCUT2D eigenvalue weighted by atomic mass is 10.2. The molecule has 0 bridgehead atoms. The fraction of sp³-hybridized carbons (Fsp3) is 0.381. The molecule has 0 radical (unpaired) electrons. The molecule has 3 rings (SSSR count). The topological polar surface area (TPSA) is 70.9 Å². The van der Waals surface area contributed by atoms with Crippen molar-refractivity contribution in [3.63, 3.8) is 0 Å². The van der Waals surface area contributed by atoms with Crippen molar-refractivity contribution in [1.82, 2.24) is 4.31 Å². The number of quaternary nitrogens is 1. The molecule has 2 aromatic carbocycles. The van der Waals surface area contributed by atoms with Crippen LogP contribution in [0.1, 0.15) is 25.3 Å². The Hall–Kier alpha value is -2.22. The SMILES string of the molecule is C[C@@H](C(=O)Nc1ccc(S(=O)(=O)N2CCCC2)cc1)[NH+](C)Cc1ccccc1. The maximum atomic E-state index is 12.6. The van der Waals surface area contributed by atoms with Crippen molar-refractivity contribution >= 4 is 21.6 Å². The summed E-state index contributed by atoms with van der Waals surface area (Å²) in [6.45, 7) is 3.80. The molecule has 150 valence electrons. The van der Waals surface area contributed by atoms with Crippen molar-refractivity contribution in [3.8, 4) is 0 Å². The van der Waals surface area contributed by atoms with Crippen LogP contribution in [0.2, 0.25) is 0 Å². The summed E-state index contributed by atoms with van der Waals surface area (Å²) >= 11 is 0. The van der Waals surface area contributed by atoms with E-state index in [1.807, 2.05) is 44.3 Å². The van der Waals surface area contributed by atoms with Crippen molar-refractivity contribution in [1.29, 1.82) is 0 Å². The molecule has 1 unspecified atom stereocenters. The maximum absolute atomic E-state index is 12.6. The standard InChI is InChI=1S/C21H27N3O3S/c1-17(23(2)16-18-8-4-3-5-9-18)21(25)22-19-10-12-20(13-11-19)28(26,27)24-14-6-7-15-24/h3-5,8-13,17H,6-7,14-16H2,1-2H3,(H,22,25)/p+1/t17-/m0/s1. The molecular formula is C21H28N3O3S+. The Morgan fingerprint density at radius 3 is 2.29 bits per heavy atom. The fourth-order valence-corrected chi connectivity index (χ4v) is 4.85. The summed E-state index contributed by atoms with van der Waals surface area (Å²) in [6.07, 6.45) is 1.81. The van der Waals surface area contributed by atoms with Crippen LogP contribution in [0.25, 0.3) is 0 Å². The summed E-state index contributed by atoms with van der Waals surface area (Å²) in [4.78, 5) is 13.9. The van der Waals surface area contributed by atoms with E-state index in [2.05, 4.69) is 5.32 Å². The fourth-order valence-electron chi connectivity index (χ4n) is 3.33. The second-order valence-corrected chi connectivity index (χ2v) is 9.29.